The van der Waals surface area contributed by atoms with Gasteiger partial charge in [0, 0.05) is 28.2 Å². The standard InChI is InChI=1S/C25H25BrF2N2O4/c1-15-19(27)6-7-20(28)21(15)22-18(25(29)32)14-30-23(22)24(31)17-4-2-16(3-5-17)8-10-33-12-13-34-11-9-26/h2-7,14,30H,8-13H2,1H3,(H2,29,32). The first kappa shape index (κ1) is 25.7. The third-order valence-electron chi connectivity index (χ3n) is 5.32. The Balaban J connectivity index is 1.79. The molecule has 0 fully saturated rings. The number of H-pyrrole nitrogens is 1. The number of halogens is 3. The highest BCUT2D eigenvalue weighted by atomic mass is 79.9. The third-order valence-corrected chi connectivity index (χ3v) is 5.64. The number of aromatic amines is 1. The largest absolute Gasteiger partial charge is 0.379 e. The molecule has 2 aromatic carbocycles. The minimum atomic E-state index is -0.860. The normalized spacial score (nSPS) is 11.1. The van der Waals surface area contributed by atoms with Crippen molar-refractivity contribution < 1.29 is 27.8 Å². The number of nitrogens with two attached hydrogens (primary N) is 1. The van der Waals surface area contributed by atoms with Crippen molar-refractivity contribution in [3.63, 3.8) is 0 Å². The van der Waals surface area contributed by atoms with E-state index in [1.54, 1.807) is 24.3 Å². The second-order valence-corrected chi connectivity index (χ2v) is 8.33. The van der Waals surface area contributed by atoms with Crippen LogP contribution in [-0.4, -0.2) is 48.4 Å². The first-order chi connectivity index (χ1) is 16.3. The van der Waals surface area contributed by atoms with Crippen molar-refractivity contribution in [2.24, 2.45) is 5.73 Å². The molecule has 0 radical (unpaired) electrons. The average Bonchev–Trinajstić information content (AvgIpc) is 3.26. The van der Waals surface area contributed by atoms with Crippen LogP contribution >= 0.6 is 15.9 Å². The van der Waals surface area contributed by atoms with Crippen molar-refractivity contribution in [3.05, 3.63) is 82.2 Å². The molecule has 0 unspecified atom stereocenters. The zero-order valence-electron chi connectivity index (χ0n) is 18.6. The lowest BCUT2D eigenvalue weighted by atomic mass is 9.93. The first-order valence-electron chi connectivity index (χ1n) is 10.7. The number of hydrogen-bond donors (Lipinski definition) is 2. The number of ether oxygens (including phenoxy) is 2. The molecule has 0 aliphatic carbocycles. The zero-order chi connectivity index (χ0) is 24.7. The summed E-state index contributed by atoms with van der Waals surface area (Å²) in [4.78, 5) is 27.9. The van der Waals surface area contributed by atoms with Crippen molar-refractivity contribution in [2.75, 3.05) is 31.8 Å². The maximum absolute atomic E-state index is 14.7. The zero-order valence-corrected chi connectivity index (χ0v) is 20.2. The van der Waals surface area contributed by atoms with Crippen LogP contribution in [0.15, 0.2) is 42.6 Å². The highest BCUT2D eigenvalue weighted by molar-refractivity contribution is 9.09. The minimum Gasteiger partial charge on any atom is -0.379 e. The maximum Gasteiger partial charge on any atom is 0.250 e. The Labute approximate surface area is 204 Å². The molecule has 0 saturated heterocycles. The Hall–Kier alpha value is -2.88. The van der Waals surface area contributed by atoms with Crippen LogP contribution in [0.4, 0.5) is 8.78 Å². The molecule has 0 aliphatic rings. The van der Waals surface area contributed by atoms with E-state index in [0.717, 1.165) is 23.0 Å². The van der Waals surface area contributed by atoms with Crippen LogP contribution in [-0.2, 0) is 15.9 Å². The molecule has 0 aliphatic heterocycles. The minimum absolute atomic E-state index is 0.0240. The Morgan fingerprint density at radius 3 is 2.24 bits per heavy atom. The van der Waals surface area contributed by atoms with Crippen molar-refractivity contribution in [3.8, 4) is 11.1 Å². The molecule has 0 spiro atoms. The highest BCUT2D eigenvalue weighted by Gasteiger charge is 2.26. The molecular weight excluding hydrogens is 510 g/mol. The molecule has 1 aromatic heterocycles. The van der Waals surface area contributed by atoms with Gasteiger partial charge in [0.2, 0.25) is 5.78 Å². The number of aromatic nitrogens is 1. The van der Waals surface area contributed by atoms with Crippen LogP contribution in [0.5, 0.6) is 0 Å². The summed E-state index contributed by atoms with van der Waals surface area (Å²) in [5.41, 5.74) is 6.35. The summed E-state index contributed by atoms with van der Waals surface area (Å²) < 4.78 is 39.7. The highest BCUT2D eigenvalue weighted by Crippen LogP contribution is 2.34. The lowest BCUT2D eigenvalue weighted by Crippen LogP contribution is -2.13. The van der Waals surface area contributed by atoms with E-state index >= 15 is 0 Å². The Kier molecular flexibility index (Phi) is 9.09. The summed E-state index contributed by atoms with van der Waals surface area (Å²) in [7, 11) is 0. The molecular formula is C25H25BrF2N2O4. The van der Waals surface area contributed by atoms with E-state index in [-0.39, 0.29) is 27.9 Å². The van der Waals surface area contributed by atoms with Gasteiger partial charge in [-0.3, -0.25) is 9.59 Å². The number of nitrogens with one attached hydrogen (secondary N) is 1. The molecule has 1 amide bonds. The number of alkyl halides is 1. The van der Waals surface area contributed by atoms with Gasteiger partial charge in [0.15, 0.2) is 0 Å². The number of ketones is 1. The molecule has 0 bridgehead atoms. The number of primary amides is 1. The van der Waals surface area contributed by atoms with E-state index in [0.29, 0.717) is 38.4 Å². The van der Waals surface area contributed by atoms with E-state index in [2.05, 4.69) is 20.9 Å². The van der Waals surface area contributed by atoms with E-state index in [1.165, 1.54) is 13.1 Å². The number of benzene rings is 2. The topological polar surface area (TPSA) is 94.4 Å². The van der Waals surface area contributed by atoms with E-state index in [1.807, 2.05) is 0 Å². The fourth-order valence-electron chi connectivity index (χ4n) is 3.55. The quantitative estimate of drug-likeness (QED) is 0.202. The molecule has 180 valence electrons. The Bertz CT molecular complexity index is 1160. The van der Waals surface area contributed by atoms with Crippen LogP contribution in [0.1, 0.15) is 37.5 Å². The fraction of sp³-hybridized carbons (Fsp3) is 0.280. The Morgan fingerprint density at radius 2 is 1.59 bits per heavy atom. The van der Waals surface area contributed by atoms with Gasteiger partial charge in [-0.2, -0.15) is 0 Å². The predicted molar refractivity (Wildman–Crippen MR) is 128 cm³/mol. The second-order valence-electron chi connectivity index (χ2n) is 7.54. The van der Waals surface area contributed by atoms with Gasteiger partial charge in [0.1, 0.15) is 11.6 Å². The molecule has 34 heavy (non-hydrogen) atoms. The van der Waals surface area contributed by atoms with Gasteiger partial charge in [-0.05, 0) is 36.6 Å². The summed E-state index contributed by atoms with van der Waals surface area (Å²) in [5, 5.41) is 0.780. The smallest absolute Gasteiger partial charge is 0.250 e. The van der Waals surface area contributed by atoms with Gasteiger partial charge in [0.05, 0.1) is 37.7 Å². The van der Waals surface area contributed by atoms with E-state index < -0.39 is 23.3 Å². The summed E-state index contributed by atoms with van der Waals surface area (Å²) in [6.45, 7) is 3.54. The van der Waals surface area contributed by atoms with Crippen molar-refractivity contribution in [1.82, 2.24) is 4.98 Å². The molecule has 0 atom stereocenters. The molecule has 3 N–H and O–H groups in total. The van der Waals surface area contributed by atoms with Crippen molar-refractivity contribution >= 4 is 27.6 Å². The first-order valence-corrected chi connectivity index (χ1v) is 11.8. The van der Waals surface area contributed by atoms with Crippen LogP contribution in [0, 0.1) is 18.6 Å². The van der Waals surface area contributed by atoms with Crippen molar-refractivity contribution in [1.29, 1.82) is 0 Å². The van der Waals surface area contributed by atoms with Gasteiger partial charge in [-0.25, -0.2) is 8.78 Å². The van der Waals surface area contributed by atoms with Gasteiger partial charge in [-0.15, -0.1) is 0 Å². The van der Waals surface area contributed by atoms with Gasteiger partial charge in [-0.1, -0.05) is 40.2 Å². The predicted octanol–water partition coefficient (Wildman–Crippen LogP) is 4.57. The monoisotopic (exact) mass is 534 g/mol. The fourth-order valence-corrected chi connectivity index (χ4v) is 3.78. The lowest BCUT2D eigenvalue weighted by Gasteiger charge is -2.11. The Morgan fingerprint density at radius 1 is 0.941 bits per heavy atom. The lowest BCUT2D eigenvalue weighted by molar-refractivity contribution is 0.0553. The SMILES string of the molecule is Cc1c(F)ccc(F)c1-c1c(C(N)=O)c[nH]c1C(=O)c1ccc(CCOCCOCCBr)cc1. The number of hydrogen-bond acceptors (Lipinski definition) is 4. The summed E-state index contributed by atoms with van der Waals surface area (Å²) in [6, 6.07) is 8.81. The molecule has 3 aromatic rings. The van der Waals surface area contributed by atoms with Gasteiger partial charge >= 0.3 is 0 Å². The van der Waals surface area contributed by atoms with Gasteiger partial charge in [0.25, 0.3) is 5.91 Å². The number of carbonyl (C=O) groups is 2. The van der Waals surface area contributed by atoms with E-state index in [9.17, 15) is 18.4 Å². The molecule has 0 saturated carbocycles. The summed E-state index contributed by atoms with van der Waals surface area (Å²) >= 11 is 3.28. The molecule has 3 rings (SSSR count). The number of carbonyl (C=O) groups excluding carboxylic acids is 2. The molecule has 9 heteroatoms. The molecule has 1 heterocycles. The van der Waals surface area contributed by atoms with Gasteiger partial charge < -0.3 is 20.2 Å². The number of rotatable bonds is 12. The second kappa shape index (κ2) is 12.0. The number of amides is 1. The molecule has 6 nitrogen and oxygen atoms in total. The van der Waals surface area contributed by atoms with E-state index in [4.69, 9.17) is 15.2 Å². The van der Waals surface area contributed by atoms with Crippen LogP contribution in [0.3, 0.4) is 0 Å². The van der Waals surface area contributed by atoms with Crippen LogP contribution in [0.2, 0.25) is 0 Å². The van der Waals surface area contributed by atoms with Crippen molar-refractivity contribution in [2.45, 2.75) is 13.3 Å². The third kappa shape index (κ3) is 5.97. The van der Waals surface area contributed by atoms with Crippen LogP contribution < -0.4 is 5.73 Å². The summed E-state index contributed by atoms with van der Waals surface area (Å²) in [5.74, 6) is -2.76. The summed E-state index contributed by atoms with van der Waals surface area (Å²) in [6.07, 6.45) is 1.89. The van der Waals surface area contributed by atoms with Crippen LogP contribution in [0.25, 0.3) is 11.1 Å². The average molecular weight is 535 g/mol. The maximum atomic E-state index is 14.7.